The summed E-state index contributed by atoms with van der Waals surface area (Å²) in [5.74, 6) is 0.682. The minimum absolute atomic E-state index is 0.0625. The molecule has 1 amide bonds. The van der Waals surface area contributed by atoms with Gasteiger partial charge in [-0.25, -0.2) is 0 Å². The summed E-state index contributed by atoms with van der Waals surface area (Å²) >= 11 is 0. The van der Waals surface area contributed by atoms with Gasteiger partial charge in [0.25, 0.3) is 0 Å². The molecule has 0 radical (unpaired) electrons. The quantitative estimate of drug-likeness (QED) is 0.703. The maximum Gasteiger partial charge on any atom is 0.234 e. The van der Waals surface area contributed by atoms with E-state index in [0.29, 0.717) is 13.1 Å². The zero-order chi connectivity index (χ0) is 12.8. The highest BCUT2D eigenvalue weighted by molar-refractivity contribution is 5.77. The van der Waals surface area contributed by atoms with E-state index in [4.69, 9.17) is 4.42 Å². The fraction of sp³-hybridized carbons (Fsp3) is 0.333. The van der Waals surface area contributed by atoms with Crippen LogP contribution in [0.25, 0.3) is 0 Å². The van der Waals surface area contributed by atoms with E-state index >= 15 is 0 Å². The minimum atomic E-state index is -0.0625. The number of aryl methyl sites for hydroxylation is 1. The number of rotatable bonds is 6. The lowest BCUT2D eigenvalue weighted by atomic mass is 10.2. The zero-order valence-electron chi connectivity index (χ0n) is 10.2. The zero-order valence-corrected chi connectivity index (χ0v) is 10.2. The van der Waals surface area contributed by atoms with Crippen LogP contribution in [-0.2, 0) is 17.9 Å². The Morgan fingerprint density at radius 3 is 3.06 bits per heavy atom. The summed E-state index contributed by atoms with van der Waals surface area (Å²) in [6.45, 7) is 3.25. The Kier molecular flexibility index (Phi) is 4.14. The number of nitrogens with one attached hydrogen (secondary N) is 3. The predicted molar refractivity (Wildman–Crippen MR) is 65.6 cm³/mol. The van der Waals surface area contributed by atoms with Gasteiger partial charge in [0.2, 0.25) is 5.91 Å². The van der Waals surface area contributed by atoms with Crippen molar-refractivity contribution in [3.63, 3.8) is 0 Å². The number of furan rings is 1. The summed E-state index contributed by atoms with van der Waals surface area (Å²) in [7, 11) is 0. The van der Waals surface area contributed by atoms with Gasteiger partial charge in [0, 0.05) is 17.8 Å². The third kappa shape index (κ3) is 3.46. The molecule has 0 fully saturated rings. The van der Waals surface area contributed by atoms with Crippen LogP contribution in [0.2, 0.25) is 0 Å². The van der Waals surface area contributed by atoms with Crippen LogP contribution < -0.4 is 10.6 Å². The van der Waals surface area contributed by atoms with Crippen molar-refractivity contribution in [1.29, 1.82) is 0 Å². The molecule has 0 spiro atoms. The van der Waals surface area contributed by atoms with E-state index in [0.717, 1.165) is 17.0 Å². The van der Waals surface area contributed by atoms with E-state index in [1.165, 1.54) is 0 Å². The molecule has 0 aromatic carbocycles. The number of aromatic nitrogens is 2. The van der Waals surface area contributed by atoms with Crippen LogP contribution in [0.4, 0.5) is 0 Å². The van der Waals surface area contributed by atoms with Gasteiger partial charge in [-0.1, -0.05) is 0 Å². The molecule has 96 valence electrons. The summed E-state index contributed by atoms with van der Waals surface area (Å²) in [5.41, 5.74) is 2.08. The molecule has 0 aliphatic carbocycles. The highest BCUT2D eigenvalue weighted by Gasteiger charge is 2.04. The molecule has 0 bridgehead atoms. The van der Waals surface area contributed by atoms with E-state index < -0.39 is 0 Å². The lowest BCUT2D eigenvalue weighted by Gasteiger charge is -2.05. The average Bonchev–Trinajstić information content (AvgIpc) is 2.99. The molecule has 2 rings (SSSR count). The third-order valence-electron chi connectivity index (χ3n) is 2.58. The fourth-order valence-corrected chi connectivity index (χ4v) is 1.53. The first kappa shape index (κ1) is 12.4. The first-order chi connectivity index (χ1) is 8.75. The van der Waals surface area contributed by atoms with E-state index in [1.54, 1.807) is 18.5 Å². The topological polar surface area (TPSA) is 83.0 Å². The number of carbonyl (C=O) groups excluding carboxylic acids is 1. The Labute approximate surface area is 105 Å². The fourth-order valence-electron chi connectivity index (χ4n) is 1.53. The lowest BCUT2D eigenvalue weighted by Crippen LogP contribution is -2.33. The molecule has 0 unspecified atom stereocenters. The van der Waals surface area contributed by atoms with Crippen molar-refractivity contribution in [2.75, 3.05) is 6.54 Å². The SMILES string of the molecule is Cc1[nH]ncc1CNCC(=O)NCc1ccco1. The molecule has 0 saturated heterocycles. The van der Waals surface area contributed by atoms with Crippen LogP contribution >= 0.6 is 0 Å². The van der Waals surface area contributed by atoms with Crippen molar-refractivity contribution in [3.05, 3.63) is 41.6 Å². The number of amides is 1. The van der Waals surface area contributed by atoms with Gasteiger partial charge in [-0.3, -0.25) is 9.89 Å². The summed E-state index contributed by atoms with van der Waals surface area (Å²) in [5, 5.41) is 12.6. The molecule has 0 atom stereocenters. The number of hydrogen-bond donors (Lipinski definition) is 3. The molecule has 6 heteroatoms. The van der Waals surface area contributed by atoms with Crippen molar-refractivity contribution in [3.8, 4) is 0 Å². The van der Waals surface area contributed by atoms with Gasteiger partial charge < -0.3 is 15.1 Å². The van der Waals surface area contributed by atoms with Crippen LogP contribution in [-0.4, -0.2) is 22.6 Å². The van der Waals surface area contributed by atoms with Crippen LogP contribution in [0.1, 0.15) is 17.0 Å². The highest BCUT2D eigenvalue weighted by Crippen LogP contribution is 2.01. The maximum absolute atomic E-state index is 11.5. The normalized spacial score (nSPS) is 10.5. The second-order valence-corrected chi connectivity index (χ2v) is 3.98. The molecule has 2 heterocycles. The summed E-state index contributed by atoms with van der Waals surface area (Å²) in [6, 6.07) is 3.62. The molecular formula is C12H16N4O2. The largest absolute Gasteiger partial charge is 0.467 e. The van der Waals surface area contributed by atoms with Gasteiger partial charge in [-0.05, 0) is 19.1 Å². The van der Waals surface area contributed by atoms with Crippen molar-refractivity contribution in [2.45, 2.75) is 20.0 Å². The van der Waals surface area contributed by atoms with E-state index in [2.05, 4.69) is 20.8 Å². The molecule has 18 heavy (non-hydrogen) atoms. The number of aromatic amines is 1. The van der Waals surface area contributed by atoms with Crippen molar-refractivity contribution in [1.82, 2.24) is 20.8 Å². The van der Waals surface area contributed by atoms with Crippen LogP contribution in [0, 0.1) is 6.92 Å². The smallest absolute Gasteiger partial charge is 0.234 e. The molecule has 2 aromatic heterocycles. The van der Waals surface area contributed by atoms with Crippen molar-refractivity contribution >= 4 is 5.91 Å². The number of nitrogens with zero attached hydrogens (tertiary/aromatic N) is 1. The highest BCUT2D eigenvalue weighted by atomic mass is 16.3. The second kappa shape index (κ2) is 6.02. The number of H-pyrrole nitrogens is 1. The van der Waals surface area contributed by atoms with Crippen molar-refractivity contribution in [2.24, 2.45) is 0 Å². The predicted octanol–water partition coefficient (Wildman–Crippen LogP) is 0.717. The van der Waals surface area contributed by atoms with Gasteiger partial charge in [-0.15, -0.1) is 0 Å². The maximum atomic E-state index is 11.5. The van der Waals surface area contributed by atoms with Crippen LogP contribution in [0.3, 0.4) is 0 Å². The van der Waals surface area contributed by atoms with Gasteiger partial charge >= 0.3 is 0 Å². The van der Waals surface area contributed by atoms with Gasteiger partial charge in [0.05, 0.1) is 25.5 Å². The first-order valence-corrected chi connectivity index (χ1v) is 5.74. The number of hydrogen-bond acceptors (Lipinski definition) is 4. The van der Waals surface area contributed by atoms with E-state index in [9.17, 15) is 4.79 Å². The Morgan fingerprint density at radius 2 is 2.39 bits per heavy atom. The Hall–Kier alpha value is -2.08. The monoisotopic (exact) mass is 248 g/mol. The van der Waals surface area contributed by atoms with Gasteiger partial charge in [0.15, 0.2) is 0 Å². The summed E-state index contributed by atoms with van der Waals surface area (Å²) in [6.07, 6.45) is 3.34. The summed E-state index contributed by atoms with van der Waals surface area (Å²) < 4.78 is 5.12. The van der Waals surface area contributed by atoms with Crippen LogP contribution in [0.5, 0.6) is 0 Å². The second-order valence-electron chi connectivity index (χ2n) is 3.98. The van der Waals surface area contributed by atoms with Crippen molar-refractivity contribution < 1.29 is 9.21 Å². The number of carbonyl (C=O) groups is 1. The van der Waals surface area contributed by atoms with Gasteiger partial charge in [-0.2, -0.15) is 5.10 Å². The molecule has 0 saturated carbocycles. The standard InChI is InChI=1S/C12H16N4O2/c1-9-10(6-15-16-9)5-13-8-12(17)14-7-11-3-2-4-18-11/h2-4,6,13H,5,7-8H2,1H3,(H,14,17)(H,15,16). The first-order valence-electron chi connectivity index (χ1n) is 5.74. The Bertz CT molecular complexity index is 490. The van der Waals surface area contributed by atoms with Crippen LogP contribution in [0.15, 0.2) is 29.0 Å². The molecule has 0 aliphatic rings. The molecule has 2 aromatic rings. The third-order valence-corrected chi connectivity index (χ3v) is 2.58. The Morgan fingerprint density at radius 1 is 1.50 bits per heavy atom. The van der Waals surface area contributed by atoms with E-state index in [-0.39, 0.29) is 12.5 Å². The molecule has 0 aliphatic heterocycles. The Balaban J connectivity index is 1.65. The summed E-state index contributed by atoms with van der Waals surface area (Å²) in [4.78, 5) is 11.5. The van der Waals surface area contributed by atoms with Gasteiger partial charge in [0.1, 0.15) is 5.76 Å². The lowest BCUT2D eigenvalue weighted by molar-refractivity contribution is -0.120. The molecule has 6 nitrogen and oxygen atoms in total. The minimum Gasteiger partial charge on any atom is -0.467 e. The molecule has 3 N–H and O–H groups in total. The average molecular weight is 248 g/mol. The molecular weight excluding hydrogens is 232 g/mol. The van der Waals surface area contributed by atoms with E-state index in [1.807, 2.05) is 13.0 Å².